The molecule has 0 unspecified atom stereocenters. The van der Waals surface area contributed by atoms with Gasteiger partial charge in [-0.25, -0.2) is 4.39 Å². The molecule has 2 aromatic rings. The highest BCUT2D eigenvalue weighted by Crippen LogP contribution is 2.21. The molecule has 3 amide bonds. The summed E-state index contributed by atoms with van der Waals surface area (Å²) >= 11 is 0. The number of ether oxygens (including phenoxy) is 1. The molecule has 2 aromatic carbocycles. The van der Waals surface area contributed by atoms with E-state index in [0.29, 0.717) is 5.75 Å². The molecule has 6 N–H and O–H groups in total. The van der Waals surface area contributed by atoms with Crippen LogP contribution < -0.4 is 21.1 Å². The van der Waals surface area contributed by atoms with Crippen LogP contribution in [0.15, 0.2) is 60.2 Å². The summed E-state index contributed by atoms with van der Waals surface area (Å²) in [5, 5.41) is 25.6. The van der Waals surface area contributed by atoms with Crippen molar-refractivity contribution in [3.63, 3.8) is 0 Å². The SMILES string of the molecule is COc1ccc(C[C@H](NC(=O)C2=C[C@@H](NC(=O)c3cccc(F)c3)[C@@H](O)[C@H](O)C2)C(N)=O)cc1. The number of aliphatic hydroxyl groups is 2. The van der Waals surface area contributed by atoms with Gasteiger partial charge < -0.3 is 31.3 Å². The normalized spacial score (nSPS) is 20.6. The molecule has 0 bridgehead atoms. The Kier molecular flexibility index (Phi) is 7.98. The van der Waals surface area contributed by atoms with Crippen LogP contribution in [0.3, 0.4) is 0 Å². The number of nitrogens with two attached hydrogens (primary N) is 1. The molecule has 1 aliphatic carbocycles. The molecule has 180 valence electrons. The molecule has 0 fully saturated rings. The predicted molar refractivity (Wildman–Crippen MR) is 120 cm³/mol. The van der Waals surface area contributed by atoms with Gasteiger partial charge in [-0.1, -0.05) is 24.3 Å². The van der Waals surface area contributed by atoms with Crippen LogP contribution >= 0.6 is 0 Å². The first-order valence-electron chi connectivity index (χ1n) is 10.5. The van der Waals surface area contributed by atoms with E-state index in [4.69, 9.17) is 10.5 Å². The molecule has 0 aromatic heterocycles. The van der Waals surface area contributed by atoms with Crippen molar-refractivity contribution >= 4 is 17.7 Å². The van der Waals surface area contributed by atoms with Crippen molar-refractivity contribution < 1.29 is 33.7 Å². The zero-order valence-electron chi connectivity index (χ0n) is 18.4. The first kappa shape index (κ1) is 24.9. The highest BCUT2D eigenvalue weighted by molar-refractivity contribution is 5.98. The van der Waals surface area contributed by atoms with E-state index < -0.39 is 47.8 Å². The molecule has 0 aliphatic heterocycles. The Morgan fingerprint density at radius 3 is 2.47 bits per heavy atom. The van der Waals surface area contributed by atoms with Crippen molar-refractivity contribution in [1.29, 1.82) is 0 Å². The van der Waals surface area contributed by atoms with Crippen molar-refractivity contribution in [2.24, 2.45) is 5.73 Å². The van der Waals surface area contributed by atoms with E-state index in [1.165, 1.54) is 31.4 Å². The fourth-order valence-corrected chi connectivity index (χ4v) is 3.60. The number of hydrogen-bond acceptors (Lipinski definition) is 6. The van der Waals surface area contributed by atoms with Gasteiger partial charge in [0, 0.05) is 24.0 Å². The van der Waals surface area contributed by atoms with Gasteiger partial charge in [0.25, 0.3) is 5.91 Å². The summed E-state index contributed by atoms with van der Waals surface area (Å²) in [7, 11) is 1.53. The van der Waals surface area contributed by atoms with Gasteiger partial charge in [0.1, 0.15) is 23.7 Å². The zero-order chi connectivity index (χ0) is 24.8. The molecule has 0 radical (unpaired) electrons. The van der Waals surface area contributed by atoms with Crippen LogP contribution in [-0.4, -0.2) is 59.3 Å². The Labute approximate surface area is 195 Å². The van der Waals surface area contributed by atoms with E-state index >= 15 is 0 Å². The largest absolute Gasteiger partial charge is 0.497 e. The summed E-state index contributed by atoms with van der Waals surface area (Å²) in [6.07, 6.45) is -1.51. The van der Waals surface area contributed by atoms with Gasteiger partial charge in [-0.15, -0.1) is 0 Å². The molecule has 4 atom stereocenters. The van der Waals surface area contributed by atoms with Crippen LogP contribution in [0, 0.1) is 5.82 Å². The molecule has 9 nitrogen and oxygen atoms in total. The highest BCUT2D eigenvalue weighted by Gasteiger charge is 2.34. The first-order valence-corrected chi connectivity index (χ1v) is 10.5. The Morgan fingerprint density at radius 1 is 1.15 bits per heavy atom. The molecular weight excluding hydrogens is 445 g/mol. The number of hydrogen-bond donors (Lipinski definition) is 5. The van der Waals surface area contributed by atoms with Crippen LogP contribution in [-0.2, 0) is 16.0 Å². The van der Waals surface area contributed by atoms with E-state index in [2.05, 4.69) is 10.6 Å². The standard InChI is InChI=1S/C24H26FN3O6/c1-34-17-7-5-13(6-8-17)9-19(22(26)31)28-24(33)15-11-18(21(30)20(29)12-15)27-23(32)14-3-2-4-16(25)10-14/h2-8,10-11,18-21,29-30H,9,12H2,1H3,(H2,26,31)(H,27,32)(H,28,33)/t18-,19+,20-,21-/m1/s1. The molecule has 1 aliphatic rings. The third kappa shape index (κ3) is 6.18. The molecule has 10 heteroatoms. The molecule has 0 heterocycles. The summed E-state index contributed by atoms with van der Waals surface area (Å²) in [6.45, 7) is 0. The fraction of sp³-hybridized carbons (Fsp3) is 0.292. The van der Waals surface area contributed by atoms with Crippen molar-refractivity contribution in [3.05, 3.63) is 77.1 Å². The number of carbonyl (C=O) groups is 3. The van der Waals surface area contributed by atoms with Gasteiger partial charge >= 0.3 is 0 Å². The highest BCUT2D eigenvalue weighted by atomic mass is 19.1. The number of amides is 3. The van der Waals surface area contributed by atoms with Crippen LogP contribution in [0.5, 0.6) is 5.75 Å². The topological polar surface area (TPSA) is 151 Å². The Morgan fingerprint density at radius 2 is 1.85 bits per heavy atom. The van der Waals surface area contributed by atoms with Crippen molar-refractivity contribution in [3.8, 4) is 5.75 Å². The minimum atomic E-state index is -1.39. The zero-order valence-corrected chi connectivity index (χ0v) is 18.4. The summed E-state index contributed by atoms with van der Waals surface area (Å²) in [5.41, 5.74) is 6.27. The Hall–Kier alpha value is -3.76. The van der Waals surface area contributed by atoms with Crippen LogP contribution in [0.25, 0.3) is 0 Å². The number of primary amides is 1. The molecule has 0 spiro atoms. The van der Waals surface area contributed by atoms with E-state index in [-0.39, 0.29) is 24.0 Å². The summed E-state index contributed by atoms with van der Waals surface area (Å²) in [4.78, 5) is 37.2. The third-order valence-corrected chi connectivity index (χ3v) is 5.50. The molecule has 0 saturated heterocycles. The van der Waals surface area contributed by atoms with Gasteiger partial charge in [-0.05, 0) is 35.9 Å². The number of benzene rings is 2. The Bertz CT molecular complexity index is 1090. The second-order valence-electron chi connectivity index (χ2n) is 7.94. The van der Waals surface area contributed by atoms with Gasteiger partial charge in [-0.3, -0.25) is 14.4 Å². The lowest BCUT2D eigenvalue weighted by atomic mass is 9.89. The summed E-state index contributed by atoms with van der Waals surface area (Å²) in [6, 6.07) is 9.69. The third-order valence-electron chi connectivity index (χ3n) is 5.50. The number of carbonyl (C=O) groups excluding carboxylic acids is 3. The number of aliphatic hydroxyl groups excluding tert-OH is 2. The van der Waals surface area contributed by atoms with Crippen molar-refractivity contribution in [2.75, 3.05) is 7.11 Å². The van der Waals surface area contributed by atoms with Gasteiger partial charge in [-0.2, -0.15) is 0 Å². The van der Waals surface area contributed by atoms with E-state index in [1.54, 1.807) is 24.3 Å². The smallest absolute Gasteiger partial charge is 0.251 e. The predicted octanol–water partition coefficient (Wildman–Crippen LogP) is 0.197. The summed E-state index contributed by atoms with van der Waals surface area (Å²) < 4.78 is 18.5. The van der Waals surface area contributed by atoms with Crippen LogP contribution in [0.4, 0.5) is 4.39 Å². The maximum atomic E-state index is 13.4. The molecule has 34 heavy (non-hydrogen) atoms. The lowest BCUT2D eigenvalue weighted by Crippen LogP contribution is -2.52. The lowest BCUT2D eigenvalue weighted by molar-refractivity contribution is -0.125. The number of halogens is 1. The first-order chi connectivity index (χ1) is 16.2. The molecular formula is C24H26FN3O6. The number of rotatable bonds is 8. The Balaban J connectivity index is 1.72. The lowest BCUT2D eigenvalue weighted by Gasteiger charge is -2.31. The maximum absolute atomic E-state index is 13.4. The minimum absolute atomic E-state index is 0.0138. The van der Waals surface area contributed by atoms with Gasteiger partial charge in [0.05, 0.1) is 19.3 Å². The van der Waals surface area contributed by atoms with E-state index in [0.717, 1.165) is 11.6 Å². The van der Waals surface area contributed by atoms with Gasteiger partial charge in [0.2, 0.25) is 11.8 Å². The van der Waals surface area contributed by atoms with E-state index in [1.807, 2.05) is 0 Å². The second-order valence-corrected chi connectivity index (χ2v) is 7.94. The average molecular weight is 471 g/mol. The minimum Gasteiger partial charge on any atom is -0.497 e. The van der Waals surface area contributed by atoms with Crippen LogP contribution in [0.1, 0.15) is 22.3 Å². The fourth-order valence-electron chi connectivity index (χ4n) is 3.60. The monoisotopic (exact) mass is 471 g/mol. The molecule has 0 saturated carbocycles. The average Bonchev–Trinajstić information content (AvgIpc) is 2.81. The summed E-state index contributed by atoms with van der Waals surface area (Å²) in [5.74, 6) is -2.09. The molecule has 3 rings (SSSR count). The van der Waals surface area contributed by atoms with Crippen molar-refractivity contribution in [1.82, 2.24) is 10.6 Å². The maximum Gasteiger partial charge on any atom is 0.251 e. The van der Waals surface area contributed by atoms with E-state index in [9.17, 15) is 29.0 Å². The van der Waals surface area contributed by atoms with Crippen molar-refractivity contribution in [2.45, 2.75) is 37.1 Å². The quantitative estimate of drug-likeness (QED) is 0.371. The van der Waals surface area contributed by atoms with Crippen LogP contribution in [0.2, 0.25) is 0 Å². The van der Waals surface area contributed by atoms with Gasteiger partial charge in [0.15, 0.2) is 0 Å². The second kappa shape index (κ2) is 10.9. The number of nitrogens with one attached hydrogen (secondary N) is 2. The number of methoxy groups -OCH3 is 1.